The summed E-state index contributed by atoms with van der Waals surface area (Å²) < 4.78 is 40.8. The molecule has 0 spiro atoms. The maximum Gasteiger partial charge on any atom is 0.308 e. The number of carbonyl (C=O) groups excluding carboxylic acids is 7. The Bertz CT molecular complexity index is 2420. The predicted octanol–water partition coefficient (Wildman–Crippen LogP) is 7.92. The summed E-state index contributed by atoms with van der Waals surface area (Å²) in [5.74, 6) is -5.93. The first kappa shape index (κ1) is 40.9. The molecule has 0 aliphatic carbocycles. The highest BCUT2D eigenvalue weighted by atomic mass is 16.7. The fourth-order valence-electron chi connectivity index (χ4n) is 7.34. The lowest BCUT2D eigenvalue weighted by Crippen LogP contribution is -2.16. The number of hydrogen-bond donors (Lipinski definition) is 0. The third-order valence-electron chi connectivity index (χ3n) is 8.95. The van der Waals surface area contributed by atoms with E-state index in [1.54, 1.807) is 26.0 Å². The Morgan fingerprint density at radius 2 is 0.982 bits per heavy atom. The van der Waals surface area contributed by atoms with Gasteiger partial charge in [0.15, 0.2) is 29.3 Å². The van der Waals surface area contributed by atoms with Gasteiger partial charge in [-0.3, -0.25) is 33.6 Å². The van der Waals surface area contributed by atoms with Crippen LogP contribution in [0.1, 0.15) is 126 Å². The second-order valence-corrected chi connectivity index (χ2v) is 14.1. The number of aldehydes is 1. The molecule has 0 N–H and O–H groups in total. The van der Waals surface area contributed by atoms with Crippen LogP contribution in [0.2, 0.25) is 0 Å². The van der Waals surface area contributed by atoms with Gasteiger partial charge in [-0.05, 0) is 47.6 Å². The molecule has 14 nitrogen and oxygen atoms in total. The molecule has 5 rings (SSSR count). The minimum absolute atomic E-state index is 0.0492. The second-order valence-electron chi connectivity index (χ2n) is 14.1. The maximum atomic E-state index is 13.1. The number of fused-ring (bicyclic) bond motifs is 1. The van der Waals surface area contributed by atoms with Crippen LogP contribution < -0.4 is 28.4 Å². The van der Waals surface area contributed by atoms with Crippen LogP contribution in [0.15, 0.2) is 12.1 Å². The van der Waals surface area contributed by atoms with Gasteiger partial charge in [0.25, 0.3) is 6.29 Å². The van der Waals surface area contributed by atoms with Gasteiger partial charge < -0.3 is 33.2 Å². The lowest BCUT2D eigenvalue weighted by molar-refractivity contribution is -0.161. The zero-order valence-electron chi connectivity index (χ0n) is 33.2. The molecule has 0 aromatic heterocycles. The van der Waals surface area contributed by atoms with E-state index < -0.39 is 48.0 Å². The first-order valence-electron chi connectivity index (χ1n) is 17.8. The molecule has 0 fully saturated rings. The highest BCUT2D eigenvalue weighted by molar-refractivity contribution is 6.14. The first-order chi connectivity index (χ1) is 26.2. The monoisotopic (exact) mass is 770 g/mol. The van der Waals surface area contributed by atoms with Gasteiger partial charge in [-0.1, -0.05) is 39.8 Å². The van der Waals surface area contributed by atoms with Crippen LogP contribution in [0.5, 0.6) is 34.5 Å². The largest absolute Gasteiger partial charge is 0.449 e. The normalized spacial score (nSPS) is 13.1. The third-order valence-corrected chi connectivity index (χ3v) is 8.95. The Morgan fingerprint density at radius 3 is 1.43 bits per heavy atom. The van der Waals surface area contributed by atoms with Crippen molar-refractivity contribution in [1.82, 2.24) is 0 Å². The molecule has 4 aromatic rings. The van der Waals surface area contributed by atoms with Crippen molar-refractivity contribution in [3.63, 3.8) is 0 Å². The van der Waals surface area contributed by atoms with Crippen molar-refractivity contribution >= 4 is 63.6 Å². The summed E-state index contributed by atoms with van der Waals surface area (Å²) in [7, 11) is 0. The van der Waals surface area contributed by atoms with Gasteiger partial charge in [-0.2, -0.15) is 0 Å². The van der Waals surface area contributed by atoms with Crippen molar-refractivity contribution in [2.24, 2.45) is 0 Å². The number of benzene rings is 4. The van der Waals surface area contributed by atoms with Gasteiger partial charge in [0.1, 0.15) is 11.5 Å². The number of aryl methyl sites for hydroxylation is 2. The van der Waals surface area contributed by atoms with Crippen LogP contribution >= 0.6 is 0 Å². The minimum Gasteiger partial charge on any atom is -0.449 e. The van der Waals surface area contributed by atoms with Gasteiger partial charge in [0, 0.05) is 74.6 Å². The second kappa shape index (κ2) is 15.4. The maximum absolute atomic E-state index is 13.1. The van der Waals surface area contributed by atoms with E-state index in [2.05, 4.69) is 0 Å². The van der Waals surface area contributed by atoms with E-state index >= 15 is 0 Å². The molecule has 0 unspecified atom stereocenters. The fourth-order valence-corrected chi connectivity index (χ4v) is 7.34. The van der Waals surface area contributed by atoms with Gasteiger partial charge in [0.05, 0.1) is 11.1 Å². The van der Waals surface area contributed by atoms with Crippen LogP contribution in [0.25, 0.3) is 32.7 Å². The van der Waals surface area contributed by atoms with E-state index in [-0.39, 0.29) is 62.5 Å². The van der Waals surface area contributed by atoms with Crippen LogP contribution in [0, 0.1) is 13.8 Å². The number of ether oxygens (including phenoxy) is 7. The topological polar surface area (TPSA) is 184 Å². The molecule has 0 amide bonds. The molecule has 0 saturated heterocycles. The number of carbonyl (C=O) groups is 7. The van der Waals surface area contributed by atoms with E-state index in [0.717, 1.165) is 6.92 Å². The van der Waals surface area contributed by atoms with Gasteiger partial charge in [-0.15, -0.1) is 0 Å². The molecule has 0 radical (unpaired) electrons. The fraction of sp³-hybridized carbons (Fsp3) is 0.357. The van der Waals surface area contributed by atoms with Crippen molar-refractivity contribution in [2.75, 3.05) is 0 Å². The average molecular weight is 771 g/mol. The van der Waals surface area contributed by atoms with Crippen LogP contribution in [-0.4, -0.2) is 42.1 Å². The van der Waals surface area contributed by atoms with Crippen LogP contribution in [0.4, 0.5) is 0 Å². The highest BCUT2D eigenvalue weighted by Crippen LogP contribution is 2.60. The van der Waals surface area contributed by atoms with Gasteiger partial charge >= 0.3 is 35.8 Å². The van der Waals surface area contributed by atoms with Gasteiger partial charge in [0.2, 0.25) is 0 Å². The van der Waals surface area contributed by atoms with Crippen molar-refractivity contribution in [3.8, 4) is 45.6 Å². The van der Waals surface area contributed by atoms with E-state index in [0.29, 0.717) is 50.3 Å². The van der Waals surface area contributed by atoms with E-state index in [1.807, 2.05) is 27.7 Å². The Morgan fingerprint density at radius 1 is 0.571 bits per heavy atom. The minimum atomic E-state index is -1.51. The highest BCUT2D eigenvalue weighted by Gasteiger charge is 2.41. The zero-order chi connectivity index (χ0) is 41.7. The Hall–Kier alpha value is -6.31. The lowest BCUT2D eigenvalue weighted by Gasteiger charge is -2.25. The molecule has 4 aromatic carbocycles. The quantitative estimate of drug-likeness (QED) is 0.0860. The Kier molecular flexibility index (Phi) is 11.3. The SMILES string of the molecule is CC(=O)Oc1c(OC(C)=O)c(C=O)c2c(OC(C)=O)c(-c3c(C)cc4c(C(C)C)c(OC(C)=O)c(OC(C)=O)c5c4c3O[C@@H]5OC(C)=O)c(C)cc2c1C(C)C. The standard InChI is InChI=1S/C42H42O14/c1-16(2)29-26-13-18(5)31(37(51-21(8)45)33(26)28(15-43)36(50-20(7)44)39(29)52-22(9)46)32-19(6)14-27-30(17(3)4)40(53-23(10)47)41(54-24(11)48)35-34(27)38(32)56-42(35)55-25(12)49/h13-17,42H,1-12H3/t42-/m0/s1. The molecule has 1 aliphatic rings. The summed E-state index contributed by atoms with van der Waals surface area (Å²) in [4.78, 5) is 88.7. The molecule has 1 atom stereocenters. The number of esters is 6. The first-order valence-corrected chi connectivity index (χ1v) is 17.8. The Labute approximate surface area is 322 Å². The zero-order valence-corrected chi connectivity index (χ0v) is 33.2. The average Bonchev–Trinajstić information content (AvgIpc) is 3.41. The Balaban J connectivity index is 2.10. The molecule has 14 heteroatoms. The van der Waals surface area contributed by atoms with E-state index in [9.17, 15) is 33.6 Å². The molecule has 294 valence electrons. The van der Waals surface area contributed by atoms with Crippen molar-refractivity contribution in [3.05, 3.63) is 45.5 Å². The molecular formula is C42H42O14. The van der Waals surface area contributed by atoms with Crippen molar-refractivity contribution in [2.45, 2.75) is 101 Å². The summed E-state index contributed by atoms with van der Waals surface area (Å²) in [5.41, 5.74) is 2.38. The molecule has 1 aliphatic heterocycles. The number of hydrogen-bond acceptors (Lipinski definition) is 14. The number of rotatable bonds is 10. The van der Waals surface area contributed by atoms with Crippen molar-refractivity contribution in [1.29, 1.82) is 0 Å². The van der Waals surface area contributed by atoms with Crippen LogP contribution in [0.3, 0.4) is 0 Å². The molecular weight excluding hydrogens is 728 g/mol. The predicted molar refractivity (Wildman–Crippen MR) is 202 cm³/mol. The van der Waals surface area contributed by atoms with Crippen molar-refractivity contribution < 1.29 is 66.7 Å². The lowest BCUT2D eigenvalue weighted by atomic mass is 9.83. The smallest absolute Gasteiger partial charge is 0.308 e. The van der Waals surface area contributed by atoms with Gasteiger partial charge in [-0.25, -0.2) is 0 Å². The summed E-state index contributed by atoms with van der Waals surface area (Å²) in [6.45, 7) is 17.8. The molecule has 0 saturated carbocycles. The summed E-state index contributed by atoms with van der Waals surface area (Å²) in [5, 5.41) is 1.32. The van der Waals surface area contributed by atoms with Crippen LogP contribution in [-0.2, 0) is 33.5 Å². The molecule has 0 bridgehead atoms. The summed E-state index contributed by atoms with van der Waals surface area (Å²) in [6, 6.07) is 3.53. The molecule has 56 heavy (non-hydrogen) atoms. The molecule has 1 heterocycles. The van der Waals surface area contributed by atoms with E-state index in [1.165, 1.54) is 34.6 Å². The summed E-state index contributed by atoms with van der Waals surface area (Å²) in [6.07, 6.45) is -1.09. The third kappa shape index (κ3) is 7.26. The van der Waals surface area contributed by atoms with E-state index in [4.69, 9.17) is 33.2 Å². The summed E-state index contributed by atoms with van der Waals surface area (Å²) >= 11 is 0.